The molecular weight excluding hydrogens is 328 g/mol. The third-order valence-electron chi connectivity index (χ3n) is 3.40. The normalized spacial score (nSPS) is 11.3. The minimum absolute atomic E-state index is 0.127. The maximum Gasteiger partial charge on any atom is 0.273 e. The SMILES string of the molecule is COc1ccc(O[C@@H](C)C(=O)Nc2ccc([N+](=O)[O-])cc2OC)cc1. The molecule has 0 radical (unpaired) electrons. The Morgan fingerprint density at radius 3 is 2.28 bits per heavy atom. The van der Waals surface area contributed by atoms with E-state index in [1.165, 1.54) is 25.3 Å². The van der Waals surface area contributed by atoms with Crippen LogP contribution < -0.4 is 19.5 Å². The van der Waals surface area contributed by atoms with Gasteiger partial charge in [0.25, 0.3) is 11.6 Å². The number of methoxy groups -OCH3 is 2. The molecule has 0 bridgehead atoms. The molecule has 2 aromatic rings. The predicted molar refractivity (Wildman–Crippen MR) is 91.4 cm³/mol. The Labute approximate surface area is 144 Å². The minimum Gasteiger partial charge on any atom is -0.497 e. The first-order chi connectivity index (χ1) is 11.9. The number of ether oxygens (including phenoxy) is 3. The number of amides is 1. The van der Waals surface area contributed by atoms with Gasteiger partial charge in [0.1, 0.15) is 17.2 Å². The van der Waals surface area contributed by atoms with Crippen molar-refractivity contribution in [3.8, 4) is 17.2 Å². The van der Waals surface area contributed by atoms with E-state index in [1.54, 1.807) is 38.3 Å². The van der Waals surface area contributed by atoms with Crippen LogP contribution >= 0.6 is 0 Å². The van der Waals surface area contributed by atoms with E-state index < -0.39 is 16.9 Å². The largest absolute Gasteiger partial charge is 0.497 e. The fourth-order valence-corrected chi connectivity index (χ4v) is 2.04. The summed E-state index contributed by atoms with van der Waals surface area (Å²) in [5.41, 5.74) is 0.195. The van der Waals surface area contributed by atoms with Gasteiger partial charge < -0.3 is 19.5 Å². The number of hydrogen-bond acceptors (Lipinski definition) is 6. The summed E-state index contributed by atoms with van der Waals surface area (Å²) < 4.78 is 15.7. The monoisotopic (exact) mass is 346 g/mol. The van der Waals surface area contributed by atoms with Crippen LogP contribution in [-0.4, -0.2) is 31.2 Å². The Balaban J connectivity index is 2.06. The lowest BCUT2D eigenvalue weighted by atomic mass is 10.2. The fourth-order valence-electron chi connectivity index (χ4n) is 2.04. The summed E-state index contributed by atoms with van der Waals surface area (Å²) in [5, 5.41) is 13.4. The summed E-state index contributed by atoms with van der Waals surface area (Å²) in [5.74, 6) is 0.973. The van der Waals surface area contributed by atoms with Gasteiger partial charge in [-0.1, -0.05) is 0 Å². The van der Waals surface area contributed by atoms with Crippen molar-refractivity contribution < 1.29 is 23.9 Å². The van der Waals surface area contributed by atoms with Crippen molar-refractivity contribution in [3.05, 3.63) is 52.6 Å². The number of non-ortho nitro benzene ring substituents is 1. The number of carbonyl (C=O) groups excluding carboxylic acids is 1. The van der Waals surface area contributed by atoms with Crippen molar-refractivity contribution in [2.45, 2.75) is 13.0 Å². The molecule has 2 rings (SSSR count). The van der Waals surface area contributed by atoms with E-state index in [0.717, 1.165) is 0 Å². The Kier molecular flexibility index (Phi) is 5.78. The zero-order chi connectivity index (χ0) is 18.4. The summed E-state index contributed by atoms with van der Waals surface area (Å²) >= 11 is 0. The van der Waals surface area contributed by atoms with Gasteiger partial charge in [-0.05, 0) is 37.3 Å². The van der Waals surface area contributed by atoms with Crippen molar-refractivity contribution in [1.82, 2.24) is 0 Å². The van der Waals surface area contributed by atoms with E-state index >= 15 is 0 Å². The molecule has 8 nitrogen and oxygen atoms in total. The highest BCUT2D eigenvalue weighted by atomic mass is 16.6. The number of nitro groups is 1. The van der Waals surface area contributed by atoms with E-state index in [0.29, 0.717) is 17.2 Å². The minimum atomic E-state index is -0.784. The first-order valence-corrected chi connectivity index (χ1v) is 7.38. The number of carbonyl (C=O) groups is 1. The van der Waals surface area contributed by atoms with E-state index in [9.17, 15) is 14.9 Å². The summed E-state index contributed by atoms with van der Waals surface area (Å²) in [6, 6.07) is 10.8. The lowest BCUT2D eigenvalue weighted by Crippen LogP contribution is -2.30. The zero-order valence-corrected chi connectivity index (χ0v) is 14.0. The summed E-state index contributed by atoms with van der Waals surface area (Å²) in [6.07, 6.45) is -0.784. The van der Waals surface area contributed by atoms with Gasteiger partial charge in [0.05, 0.1) is 30.9 Å². The van der Waals surface area contributed by atoms with Crippen molar-refractivity contribution in [3.63, 3.8) is 0 Å². The van der Waals surface area contributed by atoms with Gasteiger partial charge in [0.15, 0.2) is 6.10 Å². The maximum atomic E-state index is 12.3. The molecule has 0 aliphatic carbocycles. The lowest BCUT2D eigenvalue weighted by Gasteiger charge is -2.16. The molecule has 1 amide bonds. The van der Waals surface area contributed by atoms with Crippen LogP contribution in [0.2, 0.25) is 0 Å². The molecule has 0 saturated heterocycles. The summed E-state index contributed by atoms with van der Waals surface area (Å²) in [6.45, 7) is 1.59. The molecule has 0 fully saturated rings. The zero-order valence-electron chi connectivity index (χ0n) is 14.0. The van der Waals surface area contributed by atoms with Crippen LogP contribution in [0.5, 0.6) is 17.2 Å². The topological polar surface area (TPSA) is 99.9 Å². The molecule has 0 saturated carbocycles. The van der Waals surface area contributed by atoms with Crippen LogP contribution in [0.3, 0.4) is 0 Å². The van der Waals surface area contributed by atoms with Gasteiger partial charge in [0.2, 0.25) is 0 Å². The Morgan fingerprint density at radius 2 is 1.72 bits per heavy atom. The standard InChI is InChI=1S/C17H18N2O6/c1-11(25-14-7-5-13(23-2)6-8-14)17(20)18-15-9-4-12(19(21)22)10-16(15)24-3/h4-11H,1-3H3,(H,18,20)/t11-/m0/s1. The third-order valence-corrected chi connectivity index (χ3v) is 3.40. The first kappa shape index (κ1) is 18.1. The quantitative estimate of drug-likeness (QED) is 0.611. The highest BCUT2D eigenvalue weighted by Crippen LogP contribution is 2.29. The van der Waals surface area contributed by atoms with Crippen LogP contribution in [0, 0.1) is 10.1 Å². The fraction of sp³-hybridized carbons (Fsp3) is 0.235. The molecule has 25 heavy (non-hydrogen) atoms. The van der Waals surface area contributed by atoms with Gasteiger partial charge in [-0.2, -0.15) is 0 Å². The molecule has 0 heterocycles. The second kappa shape index (κ2) is 8.00. The average molecular weight is 346 g/mol. The van der Waals surface area contributed by atoms with Gasteiger partial charge in [0, 0.05) is 6.07 Å². The third kappa shape index (κ3) is 4.60. The number of nitrogens with one attached hydrogen (secondary N) is 1. The first-order valence-electron chi connectivity index (χ1n) is 7.38. The van der Waals surface area contributed by atoms with Crippen molar-refractivity contribution in [2.24, 2.45) is 0 Å². The number of nitrogens with zero attached hydrogens (tertiary/aromatic N) is 1. The van der Waals surface area contributed by atoms with Gasteiger partial charge in [-0.15, -0.1) is 0 Å². The van der Waals surface area contributed by atoms with Crippen LogP contribution in [-0.2, 0) is 4.79 Å². The highest BCUT2D eigenvalue weighted by molar-refractivity contribution is 5.95. The molecule has 0 aliphatic rings. The molecule has 8 heteroatoms. The Morgan fingerprint density at radius 1 is 1.08 bits per heavy atom. The summed E-state index contributed by atoms with van der Waals surface area (Å²) in [7, 11) is 2.93. The number of benzene rings is 2. The molecule has 0 unspecified atom stereocenters. The summed E-state index contributed by atoms with van der Waals surface area (Å²) in [4.78, 5) is 22.5. The number of hydrogen-bond donors (Lipinski definition) is 1. The van der Waals surface area contributed by atoms with E-state index in [2.05, 4.69) is 5.32 Å². The smallest absolute Gasteiger partial charge is 0.273 e. The molecule has 2 aromatic carbocycles. The molecule has 0 spiro atoms. The lowest BCUT2D eigenvalue weighted by molar-refractivity contribution is -0.384. The van der Waals surface area contributed by atoms with Gasteiger partial charge >= 0.3 is 0 Å². The number of rotatable bonds is 7. The van der Waals surface area contributed by atoms with E-state index in [-0.39, 0.29) is 11.4 Å². The maximum absolute atomic E-state index is 12.3. The van der Waals surface area contributed by atoms with Crippen LogP contribution in [0.4, 0.5) is 11.4 Å². The molecule has 0 aromatic heterocycles. The molecule has 0 aliphatic heterocycles. The second-order valence-corrected chi connectivity index (χ2v) is 5.07. The van der Waals surface area contributed by atoms with Gasteiger partial charge in [-0.3, -0.25) is 14.9 Å². The highest BCUT2D eigenvalue weighted by Gasteiger charge is 2.18. The van der Waals surface area contributed by atoms with Crippen LogP contribution in [0.25, 0.3) is 0 Å². The Bertz CT molecular complexity index is 760. The number of anilines is 1. The molecule has 132 valence electrons. The molecule has 1 atom stereocenters. The van der Waals surface area contributed by atoms with Crippen LogP contribution in [0.1, 0.15) is 6.92 Å². The van der Waals surface area contributed by atoms with Crippen LogP contribution in [0.15, 0.2) is 42.5 Å². The van der Waals surface area contributed by atoms with E-state index in [1.807, 2.05) is 0 Å². The second-order valence-electron chi connectivity index (χ2n) is 5.07. The van der Waals surface area contributed by atoms with Crippen molar-refractivity contribution in [2.75, 3.05) is 19.5 Å². The van der Waals surface area contributed by atoms with Crippen molar-refractivity contribution in [1.29, 1.82) is 0 Å². The molecular formula is C17H18N2O6. The Hall–Kier alpha value is -3.29. The average Bonchev–Trinajstić information content (AvgIpc) is 2.62. The van der Waals surface area contributed by atoms with Crippen molar-refractivity contribution >= 4 is 17.3 Å². The molecule has 1 N–H and O–H groups in total. The van der Waals surface area contributed by atoms with E-state index in [4.69, 9.17) is 14.2 Å². The predicted octanol–water partition coefficient (Wildman–Crippen LogP) is 3.02. The van der Waals surface area contributed by atoms with Gasteiger partial charge in [-0.25, -0.2) is 0 Å². The number of nitro benzene ring substituents is 1.